The lowest BCUT2D eigenvalue weighted by Gasteiger charge is -2.34. The van der Waals surface area contributed by atoms with Crippen molar-refractivity contribution in [1.82, 2.24) is 14.9 Å². The molecule has 0 aromatic rings. The van der Waals surface area contributed by atoms with Gasteiger partial charge in [-0.2, -0.15) is 0 Å². The summed E-state index contributed by atoms with van der Waals surface area (Å²) in [5.41, 5.74) is -0.436. The van der Waals surface area contributed by atoms with Gasteiger partial charge in [-0.1, -0.05) is 6.92 Å². The highest BCUT2D eigenvalue weighted by Crippen LogP contribution is 2.12. The molecular weight excluding hydrogens is 262 g/mol. The van der Waals surface area contributed by atoms with Gasteiger partial charge in [-0.05, 0) is 52.7 Å². The highest BCUT2D eigenvalue weighted by Gasteiger charge is 2.24. The lowest BCUT2D eigenvalue weighted by Crippen LogP contribution is -2.53. The molecule has 0 bridgehead atoms. The highest BCUT2D eigenvalue weighted by molar-refractivity contribution is 7.88. The molecule has 0 aromatic carbocycles. The Morgan fingerprint density at radius 3 is 2.32 bits per heavy atom. The quantitative estimate of drug-likeness (QED) is 0.728. The molecule has 2 N–H and O–H groups in total. The Morgan fingerprint density at radius 2 is 1.84 bits per heavy atom. The van der Waals surface area contributed by atoms with Crippen LogP contribution in [0, 0.1) is 0 Å². The van der Waals surface area contributed by atoms with Gasteiger partial charge < -0.3 is 10.2 Å². The number of nitrogens with one attached hydrogen (secondary N) is 2. The molecule has 1 rings (SSSR count). The van der Waals surface area contributed by atoms with Crippen molar-refractivity contribution in [2.24, 2.45) is 0 Å². The minimum Gasteiger partial charge on any atom is -0.312 e. The fourth-order valence-electron chi connectivity index (χ4n) is 2.61. The van der Waals surface area contributed by atoms with E-state index in [-0.39, 0.29) is 0 Å². The van der Waals surface area contributed by atoms with Crippen LogP contribution in [-0.4, -0.2) is 57.3 Å². The summed E-state index contributed by atoms with van der Waals surface area (Å²) in [6.07, 6.45) is 4.71. The van der Waals surface area contributed by atoms with Gasteiger partial charge in [-0.3, -0.25) is 0 Å². The molecule has 1 aliphatic heterocycles. The topological polar surface area (TPSA) is 61.4 Å². The zero-order valence-electron chi connectivity index (χ0n) is 12.7. The van der Waals surface area contributed by atoms with E-state index in [1.807, 2.05) is 13.8 Å². The van der Waals surface area contributed by atoms with Gasteiger partial charge in [0.15, 0.2) is 0 Å². The van der Waals surface area contributed by atoms with Crippen molar-refractivity contribution < 1.29 is 8.42 Å². The van der Waals surface area contributed by atoms with Crippen molar-refractivity contribution in [3.63, 3.8) is 0 Å². The number of hydrogen-bond donors (Lipinski definition) is 2. The molecule has 5 nitrogen and oxygen atoms in total. The van der Waals surface area contributed by atoms with E-state index in [9.17, 15) is 8.42 Å². The van der Waals surface area contributed by atoms with Crippen LogP contribution in [-0.2, 0) is 10.0 Å². The molecule has 6 heteroatoms. The first-order chi connectivity index (χ1) is 8.72. The maximum absolute atomic E-state index is 11.3. The fraction of sp³-hybridized carbons (Fsp3) is 1.00. The first kappa shape index (κ1) is 16.9. The number of nitrogens with zero attached hydrogens (tertiary/aromatic N) is 1. The molecule has 1 heterocycles. The number of sulfonamides is 1. The van der Waals surface area contributed by atoms with Gasteiger partial charge in [0.05, 0.1) is 6.26 Å². The molecule has 0 atom stereocenters. The zero-order valence-corrected chi connectivity index (χ0v) is 13.5. The molecule has 1 saturated heterocycles. The normalized spacial score (nSPS) is 19.8. The van der Waals surface area contributed by atoms with Gasteiger partial charge in [0.2, 0.25) is 10.0 Å². The zero-order chi connectivity index (χ0) is 14.5. The van der Waals surface area contributed by atoms with Crippen LogP contribution in [0.3, 0.4) is 0 Å². The summed E-state index contributed by atoms with van der Waals surface area (Å²) < 4.78 is 25.2. The van der Waals surface area contributed by atoms with E-state index < -0.39 is 15.6 Å². The summed E-state index contributed by atoms with van der Waals surface area (Å²) in [7, 11) is -3.15. The van der Waals surface area contributed by atoms with E-state index in [0.717, 1.165) is 25.9 Å². The molecule has 0 amide bonds. The minimum absolute atomic E-state index is 0.436. The van der Waals surface area contributed by atoms with Crippen molar-refractivity contribution in [3.05, 3.63) is 0 Å². The van der Waals surface area contributed by atoms with E-state index in [4.69, 9.17) is 0 Å². The van der Waals surface area contributed by atoms with Gasteiger partial charge in [0.1, 0.15) is 0 Å². The maximum atomic E-state index is 11.3. The average Bonchev–Trinajstić information content (AvgIpc) is 2.25. The summed E-state index contributed by atoms with van der Waals surface area (Å²) in [5, 5.41) is 3.49. The van der Waals surface area contributed by atoms with Crippen LogP contribution in [0.1, 0.15) is 40.0 Å². The molecule has 1 fully saturated rings. The standard InChI is InChI=1S/C13H29N3O2S/c1-5-8-16-9-6-12(7-10-16)14-11-13(2,3)15-19(4,17)18/h12,14-15H,5-11H2,1-4H3. The minimum atomic E-state index is -3.15. The molecule has 19 heavy (non-hydrogen) atoms. The second kappa shape index (κ2) is 7.02. The third kappa shape index (κ3) is 7.25. The fourth-order valence-corrected chi connectivity index (χ4v) is 3.69. The number of rotatable bonds is 7. The summed E-state index contributed by atoms with van der Waals surface area (Å²) in [4.78, 5) is 2.50. The van der Waals surface area contributed by atoms with E-state index in [2.05, 4.69) is 21.9 Å². The van der Waals surface area contributed by atoms with Crippen molar-refractivity contribution in [2.45, 2.75) is 51.6 Å². The third-order valence-electron chi connectivity index (χ3n) is 3.42. The molecule has 0 spiro atoms. The summed E-state index contributed by atoms with van der Waals surface area (Å²) >= 11 is 0. The lowest BCUT2D eigenvalue weighted by molar-refractivity contribution is 0.193. The monoisotopic (exact) mass is 291 g/mol. The largest absolute Gasteiger partial charge is 0.312 e. The Morgan fingerprint density at radius 1 is 1.26 bits per heavy atom. The second-order valence-corrected chi connectivity index (χ2v) is 8.00. The first-order valence-electron chi connectivity index (χ1n) is 7.16. The van der Waals surface area contributed by atoms with Gasteiger partial charge in [-0.15, -0.1) is 0 Å². The van der Waals surface area contributed by atoms with Crippen LogP contribution >= 0.6 is 0 Å². The summed E-state index contributed by atoms with van der Waals surface area (Å²) in [5.74, 6) is 0. The summed E-state index contributed by atoms with van der Waals surface area (Å²) in [6, 6.07) is 0.508. The Balaban J connectivity index is 2.30. The predicted molar refractivity (Wildman–Crippen MR) is 79.8 cm³/mol. The van der Waals surface area contributed by atoms with Crippen LogP contribution in [0.5, 0.6) is 0 Å². The molecule has 114 valence electrons. The molecule has 0 aromatic heterocycles. The molecular formula is C13H29N3O2S. The Labute approximate surface area is 118 Å². The van der Waals surface area contributed by atoms with Gasteiger partial charge in [0, 0.05) is 18.1 Å². The molecule has 0 aliphatic carbocycles. The third-order valence-corrected chi connectivity index (χ3v) is 4.35. The van der Waals surface area contributed by atoms with Crippen molar-refractivity contribution in [3.8, 4) is 0 Å². The van der Waals surface area contributed by atoms with Crippen molar-refractivity contribution in [2.75, 3.05) is 32.4 Å². The Hall–Kier alpha value is -0.170. The van der Waals surface area contributed by atoms with Gasteiger partial charge in [-0.25, -0.2) is 13.1 Å². The SMILES string of the molecule is CCCN1CCC(NCC(C)(C)NS(C)(=O)=O)CC1. The number of piperidine rings is 1. The number of hydrogen-bond acceptors (Lipinski definition) is 4. The van der Waals surface area contributed by atoms with Crippen LogP contribution in [0.4, 0.5) is 0 Å². The molecule has 1 aliphatic rings. The van der Waals surface area contributed by atoms with E-state index in [0.29, 0.717) is 12.6 Å². The van der Waals surface area contributed by atoms with Crippen LogP contribution in [0.15, 0.2) is 0 Å². The van der Waals surface area contributed by atoms with Crippen LogP contribution in [0.2, 0.25) is 0 Å². The summed E-state index contributed by atoms with van der Waals surface area (Å²) in [6.45, 7) is 10.2. The van der Waals surface area contributed by atoms with E-state index >= 15 is 0 Å². The average molecular weight is 291 g/mol. The van der Waals surface area contributed by atoms with E-state index in [1.54, 1.807) is 0 Å². The van der Waals surface area contributed by atoms with E-state index in [1.165, 1.54) is 19.2 Å². The Kier molecular flexibility index (Phi) is 6.23. The first-order valence-corrected chi connectivity index (χ1v) is 9.06. The van der Waals surface area contributed by atoms with Crippen LogP contribution in [0.25, 0.3) is 0 Å². The molecule has 0 radical (unpaired) electrons. The van der Waals surface area contributed by atoms with Gasteiger partial charge in [0.25, 0.3) is 0 Å². The Bertz CT molecular complexity index is 360. The lowest BCUT2D eigenvalue weighted by atomic mass is 10.0. The smallest absolute Gasteiger partial charge is 0.209 e. The highest BCUT2D eigenvalue weighted by atomic mass is 32.2. The predicted octanol–water partition coefficient (Wildman–Crippen LogP) is 0.778. The molecule has 0 unspecified atom stereocenters. The maximum Gasteiger partial charge on any atom is 0.209 e. The number of likely N-dealkylation sites (tertiary alicyclic amines) is 1. The van der Waals surface area contributed by atoms with Crippen LogP contribution < -0.4 is 10.0 Å². The van der Waals surface area contributed by atoms with Crippen molar-refractivity contribution >= 4 is 10.0 Å². The second-order valence-electron chi connectivity index (χ2n) is 6.25. The van der Waals surface area contributed by atoms with Crippen molar-refractivity contribution in [1.29, 1.82) is 0 Å². The molecule has 0 saturated carbocycles. The van der Waals surface area contributed by atoms with Gasteiger partial charge >= 0.3 is 0 Å².